The first-order valence-corrected chi connectivity index (χ1v) is 15.0. The molecule has 10 heteroatoms. The standard InChI is InChI=1S/C26H42N4O5S/c31-26(11-10-24-12-15-27-16-13-24)28-14-6-1-2-7-23-36(32,33)30(25-8-4-3-5-9-25)35-22-19-29-17-20-34-21-18-29/h10-13,15-16,25H,1-9,14,17-23H2,(H,28,31). The number of aromatic nitrogens is 1. The number of hydrogen-bond acceptors (Lipinski definition) is 7. The Morgan fingerprint density at radius 3 is 2.58 bits per heavy atom. The van der Waals surface area contributed by atoms with Gasteiger partial charge in [0.1, 0.15) is 0 Å². The van der Waals surface area contributed by atoms with Crippen LogP contribution < -0.4 is 5.32 Å². The van der Waals surface area contributed by atoms with E-state index in [1.54, 1.807) is 18.5 Å². The van der Waals surface area contributed by atoms with E-state index in [1.165, 1.54) is 10.5 Å². The van der Waals surface area contributed by atoms with Gasteiger partial charge in [0.2, 0.25) is 15.9 Å². The zero-order valence-electron chi connectivity index (χ0n) is 21.4. The predicted molar refractivity (Wildman–Crippen MR) is 140 cm³/mol. The maximum atomic E-state index is 13.2. The van der Waals surface area contributed by atoms with Crippen LogP contribution >= 0.6 is 0 Å². The number of hydrogen-bond donors (Lipinski definition) is 1. The summed E-state index contributed by atoms with van der Waals surface area (Å²) in [7, 11) is -3.48. The van der Waals surface area contributed by atoms with E-state index in [0.717, 1.165) is 83.2 Å². The lowest BCUT2D eigenvalue weighted by Crippen LogP contribution is -2.45. The second kappa shape index (κ2) is 16.1. The van der Waals surface area contributed by atoms with Crippen LogP contribution in [-0.2, 0) is 24.4 Å². The van der Waals surface area contributed by atoms with Gasteiger partial charge in [-0.3, -0.25) is 19.5 Å². The molecular weight excluding hydrogens is 480 g/mol. The van der Waals surface area contributed by atoms with Crippen LogP contribution in [0.4, 0.5) is 0 Å². The number of amides is 1. The molecular formula is C26H42N4O5S. The number of carbonyl (C=O) groups excluding carboxylic acids is 1. The van der Waals surface area contributed by atoms with Crippen LogP contribution in [0.5, 0.6) is 0 Å². The number of ether oxygens (including phenoxy) is 1. The number of unbranched alkanes of at least 4 members (excludes halogenated alkanes) is 3. The van der Waals surface area contributed by atoms with E-state index >= 15 is 0 Å². The van der Waals surface area contributed by atoms with Gasteiger partial charge in [0.15, 0.2) is 0 Å². The summed E-state index contributed by atoms with van der Waals surface area (Å²) in [6.45, 7) is 4.83. The molecule has 202 valence electrons. The normalized spacial score (nSPS) is 18.1. The van der Waals surface area contributed by atoms with Crippen LogP contribution in [0.25, 0.3) is 6.08 Å². The monoisotopic (exact) mass is 522 g/mol. The van der Waals surface area contributed by atoms with Crippen LogP contribution in [0.2, 0.25) is 0 Å². The molecule has 3 rings (SSSR count). The molecule has 1 aliphatic carbocycles. The summed E-state index contributed by atoms with van der Waals surface area (Å²) < 4.78 is 33.1. The Hall–Kier alpha value is -1.85. The zero-order chi connectivity index (χ0) is 25.5. The Bertz CT molecular complexity index is 885. The highest BCUT2D eigenvalue weighted by Gasteiger charge is 2.32. The van der Waals surface area contributed by atoms with Crippen LogP contribution in [-0.4, -0.2) is 86.5 Å². The molecule has 0 spiro atoms. The van der Waals surface area contributed by atoms with Crippen LogP contribution in [0.3, 0.4) is 0 Å². The fraction of sp³-hybridized carbons (Fsp3) is 0.692. The molecule has 0 aromatic carbocycles. The molecule has 1 aliphatic heterocycles. The lowest BCUT2D eigenvalue weighted by atomic mass is 9.96. The third kappa shape index (κ3) is 10.6. The van der Waals surface area contributed by atoms with Crippen molar-refractivity contribution in [2.45, 2.75) is 63.8 Å². The second-order valence-electron chi connectivity index (χ2n) is 9.47. The fourth-order valence-electron chi connectivity index (χ4n) is 4.56. The molecule has 0 radical (unpaired) electrons. The molecule has 36 heavy (non-hydrogen) atoms. The molecule has 0 bridgehead atoms. The number of nitrogens with zero attached hydrogens (tertiary/aromatic N) is 3. The topological polar surface area (TPSA) is 101 Å². The highest BCUT2D eigenvalue weighted by Crippen LogP contribution is 2.26. The van der Waals surface area contributed by atoms with Crippen molar-refractivity contribution in [1.82, 2.24) is 19.7 Å². The molecule has 1 saturated carbocycles. The minimum Gasteiger partial charge on any atom is -0.379 e. The smallest absolute Gasteiger partial charge is 0.243 e. The van der Waals surface area contributed by atoms with Crippen molar-refractivity contribution in [3.05, 3.63) is 36.2 Å². The van der Waals surface area contributed by atoms with Gasteiger partial charge in [-0.2, -0.15) is 0 Å². The Balaban J connectivity index is 1.34. The molecule has 1 saturated heterocycles. The van der Waals surface area contributed by atoms with E-state index in [2.05, 4.69) is 15.2 Å². The molecule has 0 unspecified atom stereocenters. The number of rotatable bonds is 15. The third-order valence-electron chi connectivity index (χ3n) is 6.64. The molecule has 0 atom stereocenters. The molecule has 1 N–H and O–H groups in total. The van der Waals surface area contributed by atoms with E-state index in [4.69, 9.17) is 9.57 Å². The van der Waals surface area contributed by atoms with Crippen LogP contribution in [0, 0.1) is 0 Å². The molecule has 2 fully saturated rings. The summed E-state index contributed by atoms with van der Waals surface area (Å²) in [5, 5.41) is 2.87. The molecule has 9 nitrogen and oxygen atoms in total. The maximum Gasteiger partial charge on any atom is 0.243 e. The summed E-state index contributed by atoms with van der Waals surface area (Å²) in [5.74, 6) is -0.0334. The number of sulfonamides is 1. The van der Waals surface area contributed by atoms with Gasteiger partial charge >= 0.3 is 0 Å². The first-order valence-electron chi connectivity index (χ1n) is 13.4. The summed E-state index contributed by atoms with van der Waals surface area (Å²) in [6.07, 6.45) is 14.7. The first-order chi connectivity index (χ1) is 17.5. The van der Waals surface area contributed by atoms with E-state index in [0.29, 0.717) is 26.1 Å². The predicted octanol–water partition coefficient (Wildman–Crippen LogP) is 3.00. The van der Waals surface area contributed by atoms with Crippen molar-refractivity contribution in [2.24, 2.45) is 0 Å². The summed E-state index contributed by atoms with van der Waals surface area (Å²) in [6, 6.07) is 3.62. The molecule has 1 aromatic heterocycles. The van der Waals surface area contributed by atoms with E-state index in [-0.39, 0.29) is 17.7 Å². The number of pyridine rings is 1. The Morgan fingerprint density at radius 2 is 1.83 bits per heavy atom. The van der Waals surface area contributed by atoms with Gasteiger partial charge in [0.25, 0.3) is 0 Å². The Kier molecular flexibility index (Phi) is 12.8. The second-order valence-corrected chi connectivity index (χ2v) is 11.4. The van der Waals surface area contributed by atoms with Crippen molar-refractivity contribution in [3.8, 4) is 0 Å². The van der Waals surface area contributed by atoms with Crippen molar-refractivity contribution in [1.29, 1.82) is 0 Å². The lowest BCUT2D eigenvalue weighted by Gasteiger charge is -2.33. The number of carbonyl (C=O) groups is 1. The number of morpholine rings is 1. The Morgan fingerprint density at radius 1 is 1.11 bits per heavy atom. The van der Waals surface area contributed by atoms with Gasteiger partial charge in [0.05, 0.1) is 31.6 Å². The summed E-state index contributed by atoms with van der Waals surface area (Å²) in [4.78, 5) is 24.1. The fourth-order valence-corrected chi connectivity index (χ4v) is 6.21. The van der Waals surface area contributed by atoms with E-state index in [1.807, 2.05) is 12.1 Å². The van der Waals surface area contributed by atoms with E-state index < -0.39 is 10.0 Å². The minimum absolute atomic E-state index is 0.0520. The van der Waals surface area contributed by atoms with Gasteiger partial charge in [-0.05, 0) is 49.5 Å². The van der Waals surface area contributed by atoms with Crippen molar-refractivity contribution in [3.63, 3.8) is 0 Å². The molecule has 2 heterocycles. The van der Waals surface area contributed by atoms with E-state index in [9.17, 15) is 13.2 Å². The van der Waals surface area contributed by atoms with Crippen molar-refractivity contribution < 1.29 is 22.8 Å². The largest absolute Gasteiger partial charge is 0.379 e. The third-order valence-corrected chi connectivity index (χ3v) is 8.39. The highest BCUT2D eigenvalue weighted by molar-refractivity contribution is 7.88. The van der Waals surface area contributed by atoms with Crippen LogP contribution in [0.1, 0.15) is 63.4 Å². The molecule has 1 amide bonds. The average Bonchev–Trinajstić information content (AvgIpc) is 2.91. The lowest BCUT2D eigenvalue weighted by molar-refractivity contribution is -0.126. The van der Waals surface area contributed by atoms with Gasteiger partial charge in [-0.1, -0.05) is 36.6 Å². The molecule has 1 aromatic rings. The summed E-state index contributed by atoms with van der Waals surface area (Å²) >= 11 is 0. The number of hydroxylamine groups is 1. The summed E-state index contributed by atoms with van der Waals surface area (Å²) in [5.41, 5.74) is 0.925. The minimum atomic E-state index is -3.48. The highest BCUT2D eigenvalue weighted by atomic mass is 32.2. The van der Waals surface area contributed by atoms with Crippen LogP contribution in [0.15, 0.2) is 30.6 Å². The SMILES string of the molecule is O=C(C=Cc1ccncc1)NCCCCCCS(=O)(=O)N(OCCN1CCOCC1)C1CCCCC1. The van der Waals surface area contributed by atoms with Crippen molar-refractivity contribution in [2.75, 3.05) is 51.8 Å². The quantitative estimate of drug-likeness (QED) is 0.215. The zero-order valence-corrected chi connectivity index (χ0v) is 22.2. The average molecular weight is 523 g/mol. The van der Waals surface area contributed by atoms with Crippen molar-refractivity contribution >= 4 is 22.0 Å². The maximum absolute atomic E-state index is 13.2. The van der Waals surface area contributed by atoms with Gasteiger partial charge in [0, 0.05) is 44.6 Å². The van der Waals surface area contributed by atoms with Gasteiger partial charge in [-0.25, -0.2) is 8.42 Å². The van der Waals surface area contributed by atoms with Gasteiger partial charge in [-0.15, -0.1) is 0 Å². The first kappa shape index (κ1) is 28.7. The van der Waals surface area contributed by atoms with Gasteiger partial charge < -0.3 is 10.1 Å². The Labute approximate surface area is 216 Å². The number of nitrogens with one attached hydrogen (secondary N) is 1. The molecule has 2 aliphatic rings.